The highest BCUT2D eigenvalue weighted by molar-refractivity contribution is 7.89. The maximum atomic E-state index is 12.9. The van der Waals surface area contributed by atoms with E-state index in [2.05, 4.69) is 9.97 Å². The number of nitrogens with one attached hydrogen (secondary N) is 1. The van der Waals surface area contributed by atoms with E-state index in [1.165, 1.54) is 28.6 Å². The maximum absolute atomic E-state index is 12.9. The van der Waals surface area contributed by atoms with Gasteiger partial charge in [-0.05, 0) is 18.2 Å². The third kappa shape index (κ3) is 3.13. The number of H-pyrrole nitrogens is 1. The van der Waals surface area contributed by atoms with E-state index in [1.54, 1.807) is 0 Å². The zero-order chi connectivity index (χ0) is 19.0. The first-order valence-electron chi connectivity index (χ1n) is 8.40. The summed E-state index contributed by atoms with van der Waals surface area (Å²) >= 11 is 0. The predicted octanol–water partition coefficient (Wildman–Crippen LogP) is 1.98. The minimum atomic E-state index is -3.93. The summed E-state index contributed by atoms with van der Waals surface area (Å²) in [6.45, 7) is 1.34. The first-order valence-corrected chi connectivity index (χ1v) is 9.84. The molecule has 1 aliphatic rings. The van der Waals surface area contributed by atoms with Crippen LogP contribution in [-0.4, -0.2) is 53.8 Å². The van der Waals surface area contributed by atoms with Crippen molar-refractivity contribution in [3.63, 3.8) is 0 Å². The van der Waals surface area contributed by atoms with Crippen molar-refractivity contribution in [2.75, 3.05) is 31.1 Å². The quantitative estimate of drug-likeness (QED) is 0.541. The Hall–Kier alpha value is -2.98. The van der Waals surface area contributed by atoms with E-state index in [-0.39, 0.29) is 18.0 Å². The number of benzene rings is 2. The summed E-state index contributed by atoms with van der Waals surface area (Å²) in [5, 5.41) is 11.2. The Kier molecular flexibility index (Phi) is 4.28. The van der Waals surface area contributed by atoms with Gasteiger partial charge in [0.25, 0.3) is 5.69 Å². The number of nitrogens with zero attached hydrogens (tertiary/aromatic N) is 4. The van der Waals surface area contributed by atoms with Crippen molar-refractivity contribution in [1.82, 2.24) is 14.3 Å². The molecule has 9 nitrogen and oxygen atoms in total. The Labute approximate surface area is 155 Å². The van der Waals surface area contributed by atoms with Crippen molar-refractivity contribution in [3.8, 4) is 0 Å². The molecule has 2 heterocycles. The van der Waals surface area contributed by atoms with Gasteiger partial charge in [-0.3, -0.25) is 10.1 Å². The zero-order valence-corrected chi connectivity index (χ0v) is 15.1. The van der Waals surface area contributed by atoms with Gasteiger partial charge in [0, 0.05) is 32.2 Å². The van der Waals surface area contributed by atoms with Crippen LogP contribution in [0.5, 0.6) is 0 Å². The van der Waals surface area contributed by atoms with Crippen molar-refractivity contribution in [2.24, 2.45) is 0 Å². The first kappa shape index (κ1) is 17.4. The van der Waals surface area contributed by atoms with Gasteiger partial charge in [0.15, 0.2) is 4.90 Å². The van der Waals surface area contributed by atoms with Crippen molar-refractivity contribution < 1.29 is 13.3 Å². The van der Waals surface area contributed by atoms with E-state index in [4.69, 9.17) is 0 Å². The number of hydrogen-bond donors (Lipinski definition) is 1. The summed E-state index contributed by atoms with van der Waals surface area (Å²) in [6, 6.07) is 13.1. The van der Waals surface area contributed by atoms with Gasteiger partial charge in [0.05, 0.1) is 16.0 Å². The Balaban J connectivity index is 1.54. The third-order valence-electron chi connectivity index (χ3n) is 4.59. The normalized spacial score (nSPS) is 15.9. The number of sulfonamides is 1. The fraction of sp³-hybridized carbons (Fsp3) is 0.235. The van der Waals surface area contributed by atoms with Crippen LogP contribution in [0.2, 0.25) is 0 Å². The number of para-hydroxylation sites is 3. The number of nitro groups is 1. The minimum Gasteiger partial charge on any atom is -0.340 e. The largest absolute Gasteiger partial charge is 0.340 e. The van der Waals surface area contributed by atoms with Gasteiger partial charge in [-0.1, -0.05) is 24.3 Å². The molecule has 0 aliphatic carbocycles. The van der Waals surface area contributed by atoms with Gasteiger partial charge >= 0.3 is 0 Å². The Morgan fingerprint density at radius 3 is 2.37 bits per heavy atom. The highest BCUT2D eigenvalue weighted by Gasteiger charge is 2.33. The van der Waals surface area contributed by atoms with Crippen molar-refractivity contribution >= 4 is 32.7 Å². The average Bonchev–Trinajstić information content (AvgIpc) is 3.12. The summed E-state index contributed by atoms with van der Waals surface area (Å²) in [5.41, 5.74) is 1.36. The first-order chi connectivity index (χ1) is 13.0. The van der Waals surface area contributed by atoms with Crippen molar-refractivity contribution in [1.29, 1.82) is 0 Å². The number of aromatic amines is 1. The van der Waals surface area contributed by atoms with Gasteiger partial charge in [0.1, 0.15) is 0 Å². The molecule has 3 aromatic rings. The lowest BCUT2D eigenvalue weighted by molar-refractivity contribution is -0.387. The second-order valence-electron chi connectivity index (χ2n) is 6.19. The molecular formula is C17H17N5O4S. The molecule has 0 unspecified atom stereocenters. The van der Waals surface area contributed by atoms with E-state index in [1.807, 2.05) is 29.2 Å². The highest BCUT2D eigenvalue weighted by Crippen LogP contribution is 2.27. The van der Waals surface area contributed by atoms with Crippen LogP contribution in [0, 0.1) is 10.1 Å². The van der Waals surface area contributed by atoms with Crippen LogP contribution in [0.15, 0.2) is 53.4 Å². The van der Waals surface area contributed by atoms with Gasteiger partial charge in [-0.25, -0.2) is 13.4 Å². The topological polar surface area (TPSA) is 112 Å². The van der Waals surface area contributed by atoms with Gasteiger partial charge in [-0.2, -0.15) is 4.31 Å². The molecule has 0 saturated carbocycles. The van der Waals surface area contributed by atoms with Crippen molar-refractivity contribution in [3.05, 3.63) is 58.6 Å². The fourth-order valence-electron chi connectivity index (χ4n) is 3.19. The molecule has 4 rings (SSSR count). The van der Waals surface area contributed by atoms with Crippen LogP contribution in [0.4, 0.5) is 11.6 Å². The molecule has 0 radical (unpaired) electrons. The lowest BCUT2D eigenvalue weighted by Crippen LogP contribution is -2.49. The fourth-order valence-corrected chi connectivity index (χ4v) is 4.77. The van der Waals surface area contributed by atoms with Crippen LogP contribution in [0.1, 0.15) is 0 Å². The molecule has 0 bridgehead atoms. The van der Waals surface area contributed by atoms with E-state index in [0.29, 0.717) is 19.0 Å². The summed E-state index contributed by atoms with van der Waals surface area (Å²) in [4.78, 5) is 20.0. The molecule has 140 valence electrons. The van der Waals surface area contributed by atoms with Crippen LogP contribution in [0.25, 0.3) is 11.0 Å². The number of rotatable bonds is 4. The Morgan fingerprint density at radius 2 is 1.67 bits per heavy atom. The van der Waals surface area contributed by atoms with Crippen LogP contribution >= 0.6 is 0 Å². The molecule has 1 aliphatic heterocycles. The molecule has 1 fully saturated rings. The van der Waals surface area contributed by atoms with Gasteiger partial charge in [-0.15, -0.1) is 0 Å². The molecular weight excluding hydrogens is 370 g/mol. The Bertz CT molecular complexity index is 1070. The number of imidazole rings is 1. The van der Waals surface area contributed by atoms with Crippen molar-refractivity contribution in [2.45, 2.75) is 4.90 Å². The molecule has 1 saturated heterocycles. The summed E-state index contributed by atoms with van der Waals surface area (Å²) < 4.78 is 27.0. The number of aromatic nitrogens is 2. The minimum absolute atomic E-state index is 0.228. The monoisotopic (exact) mass is 387 g/mol. The van der Waals surface area contributed by atoms with E-state index in [0.717, 1.165) is 11.0 Å². The Morgan fingerprint density at radius 1 is 1.00 bits per heavy atom. The number of nitro benzene ring substituents is 1. The lowest BCUT2D eigenvalue weighted by atomic mass is 10.3. The summed E-state index contributed by atoms with van der Waals surface area (Å²) in [6.07, 6.45) is 0. The van der Waals surface area contributed by atoms with E-state index < -0.39 is 20.6 Å². The molecule has 1 aromatic heterocycles. The standard InChI is InChI=1S/C17H17N5O4S/c23-22(24)15-7-3-4-8-16(15)27(25,26)21-11-9-20(10-12-21)17-18-13-5-1-2-6-14(13)19-17/h1-8H,9-12H2,(H,18,19). The molecule has 2 aromatic carbocycles. The lowest BCUT2D eigenvalue weighted by Gasteiger charge is -2.33. The second-order valence-corrected chi connectivity index (χ2v) is 8.10. The molecule has 1 N–H and O–H groups in total. The summed E-state index contributed by atoms with van der Waals surface area (Å²) in [7, 11) is -3.93. The summed E-state index contributed by atoms with van der Waals surface area (Å²) in [5.74, 6) is 0.693. The van der Waals surface area contributed by atoms with E-state index >= 15 is 0 Å². The molecule has 0 spiro atoms. The van der Waals surface area contributed by atoms with Crippen LogP contribution in [-0.2, 0) is 10.0 Å². The number of fused-ring (bicyclic) bond motifs is 1. The second kappa shape index (κ2) is 6.63. The van der Waals surface area contributed by atoms with Crippen LogP contribution in [0.3, 0.4) is 0 Å². The third-order valence-corrected chi connectivity index (χ3v) is 6.54. The highest BCUT2D eigenvalue weighted by atomic mass is 32.2. The number of hydrogen-bond acceptors (Lipinski definition) is 6. The molecule has 27 heavy (non-hydrogen) atoms. The number of piperazine rings is 1. The average molecular weight is 387 g/mol. The SMILES string of the molecule is O=[N+]([O-])c1ccccc1S(=O)(=O)N1CCN(c2nc3ccccc3[nH]2)CC1. The van der Waals surface area contributed by atoms with Gasteiger partial charge < -0.3 is 9.88 Å². The predicted molar refractivity (Wildman–Crippen MR) is 100 cm³/mol. The molecule has 10 heteroatoms. The zero-order valence-electron chi connectivity index (χ0n) is 14.3. The van der Waals surface area contributed by atoms with Crippen LogP contribution < -0.4 is 4.90 Å². The molecule has 0 atom stereocenters. The van der Waals surface area contributed by atoms with Gasteiger partial charge in [0.2, 0.25) is 16.0 Å². The smallest absolute Gasteiger partial charge is 0.289 e. The van der Waals surface area contributed by atoms with E-state index in [9.17, 15) is 18.5 Å². The maximum Gasteiger partial charge on any atom is 0.289 e. The number of anilines is 1. The molecule has 0 amide bonds.